The SMILES string of the molecule is Cc1cc(NCC2CCC(C)CC2)c([N+](=O)[O-])cc1C. The molecule has 4 heteroatoms. The van der Waals surface area contributed by atoms with Crippen molar-refractivity contribution in [1.82, 2.24) is 0 Å². The Morgan fingerprint density at radius 2 is 1.80 bits per heavy atom. The van der Waals surface area contributed by atoms with Crippen LogP contribution in [0.1, 0.15) is 43.7 Å². The lowest BCUT2D eigenvalue weighted by Gasteiger charge is -2.26. The highest BCUT2D eigenvalue weighted by Crippen LogP contribution is 2.31. The molecule has 0 atom stereocenters. The lowest BCUT2D eigenvalue weighted by atomic mass is 9.83. The van der Waals surface area contributed by atoms with Crippen molar-refractivity contribution in [2.75, 3.05) is 11.9 Å². The minimum absolute atomic E-state index is 0.192. The second-order valence-electron chi connectivity index (χ2n) is 6.22. The van der Waals surface area contributed by atoms with Gasteiger partial charge in [-0.1, -0.05) is 19.8 Å². The maximum absolute atomic E-state index is 11.1. The fourth-order valence-electron chi connectivity index (χ4n) is 2.88. The van der Waals surface area contributed by atoms with Gasteiger partial charge in [-0.15, -0.1) is 0 Å². The molecule has 0 aromatic heterocycles. The number of nitrogens with one attached hydrogen (secondary N) is 1. The number of benzene rings is 1. The Labute approximate surface area is 120 Å². The van der Waals surface area contributed by atoms with E-state index in [1.807, 2.05) is 19.9 Å². The van der Waals surface area contributed by atoms with Crippen LogP contribution >= 0.6 is 0 Å². The molecule has 0 aliphatic heterocycles. The van der Waals surface area contributed by atoms with Crippen molar-refractivity contribution in [3.63, 3.8) is 0 Å². The zero-order chi connectivity index (χ0) is 14.7. The van der Waals surface area contributed by atoms with Gasteiger partial charge in [-0.25, -0.2) is 0 Å². The van der Waals surface area contributed by atoms with Crippen LogP contribution in [0, 0.1) is 35.8 Å². The van der Waals surface area contributed by atoms with Crippen molar-refractivity contribution in [2.24, 2.45) is 11.8 Å². The van der Waals surface area contributed by atoms with Gasteiger partial charge in [0.05, 0.1) is 4.92 Å². The highest BCUT2D eigenvalue weighted by molar-refractivity contribution is 5.64. The molecule has 4 nitrogen and oxygen atoms in total. The summed E-state index contributed by atoms with van der Waals surface area (Å²) in [4.78, 5) is 10.9. The molecular formula is C16H24N2O2. The van der Waals surface area contributed by atoms with Crippen molar-refractivity contribution in [3.8, 4) is 0 Å². The molecular weight excluding hydrogens is 252 g/mol. The maximum atomic E-state index is 11.1. The van der Waals surface area contributed by atoms with Crippen LogP contribution in [0.25, 0.3) is 0 Å². The largest absolute Gasteiger partial charge is 0.379 e. The molecule has 20 heavy (non-hydrogen) atoms. The first-order chi connectivity index (χ1) is 9.47. The Hall–Kier alpha value is -1.58. The number of hydrogen-bond acceptors (Lipinski definition) is 3. The van der Waals surface area contributed by atoms with Crippen LogP contribution < -0.4 is 5.32 Å². The molecule has 0 heterocycles. The summed E-state index contributed by atoms with van der Waals surface area (Å²) in [5, 5.41) is 14.5. The van der Waals surface area contributed by atoms with Gasteiger partial charge in [0, 0.05) is 12.6 Å². The molecule has 0 bridgehead atoms. The van der Waals surface area contributed by atoms with Gasteiger partial charge < -0.3 is 5.32 Å². The monoisotopic (exact) mass is 276 g/mol. The fraction of sp³-hybridized carbons (Fsp3) is 0.625. The predicted octanol–water partition coefficient (Wildman–Crippen LogP) is 4.45. The third-order valence-corrected chi connectivity index (χ3v) is 4.53. The van der Waals surface area contributed by atoms with Crippen LogP contribution in [0.5, 0.6) is 0 Å². The van der Waals surface area contributed by atoms with E-state index in [0.29, 0.717) is 11.6 Å². The molecule has 1 N–H and O–H groups in total. The summed E-state index contributed by atoms with van der Waals surface area (Å²) in [6.07, 6.45) is 5.02. The molecule has 0 amide bonds. The van der Waals surface area contributed by atoms with Gasteiger partial charge in [0.25, 0.3) is 5.69 Å². The van der Waals surface area contributed by atoms with E-state index in [2.05, 4.69) is 12.2 Å². The Balaban J connectivity index is 2.05. The molecule has 2 rings (SSSR count). The van der Waals surface area contributed by atoms with Crippen LogP contribution in [-0.2, 0) is 0 Å². The Bertz CT molecular complexity index is 491. The molecule has 1 aliphatic carbocycles. The quantitative estimate of drug-likeness (QED) is 0.653. The van der Waals surface area contributed by atoms with E-state index in [1.165, 1.54) is 25.7 Å². The molecule has 1 fully saturated rings. The summed E-state index contributed by atoms with van der Waals surface area (Å²) >= 11 is 0. The van der Waals surface area contributed by atoms with Crippen molar-refractivity contribution in [2.45, 2.75) is 46.5 Å². The first-order valence-corrected chi connectivity index (χ1v) is 7.47. The number of nitro groups is 1. The number of rotatable bonds is 4. The average Bonchev–Trinajstić information content (AvgIpc) is 2.41. The summed E-state index contributed by atoms with van der Waals surface area (Å²) in [5.74, 6) is 1.48. The van der Waals surface area contributed by atoms with Gasteiger partial charge in [0.2, 0.25) is 0 Å². The average molecular weight is 276 g/mol. The van der Waals surface area contributed by atoms with Gasteiger partial charge in [-0.05, 0) is 55.7 Å². The second kappa shape index (κ2) is 6.25. The summed E-state index contributed by atoms with van der Waals surface area (Å²) in [5.41, 5.74) is 2.91. The second-order valence-corrected chi connectivity index (χ2v) is 6.22. The highest BCUT2D eigenvalue weighted by Gasteiger charge is 2.20. The number of hydrogen-bond donors (Lipinski definition) is 1. The predicted molar refractivity (Wildman–Crippen MR) is 82.2 cm³/mol. The number of aryl methyl sites for hydroxylation is 2. The molecule has 0 radical (unpaired) electrons. The van der Waals surface area contributed by atoms with Crippen molar-refractivity contribution in [3.05, 3.63) is 33.4 Å². The highest BCUT2D eigenvalue weighted by atomic mass is 16.6. The maximum Gasteiger partial charge on any atom is 0.292 e. The van der Waals surface area contributed by atoms with Crippen LogP contribution in [0.3, 0.4) is 0 Å². The lowest BCUT2D eigenvalue weighted by Crippen LogP contribution is -2.20. The third-order valence-electron chi connectivity index (χ3n) is 4.53. The first kappa shape index (κ1) is 14.8. The zero-order valence-electron chi connectivity index (χ0n) is 12.6. The molecule has 1 aliphatic rings. The van der Waals surface area contributed by atoms with E-state index in [4.69, 9.17) is 0 Å². The van der Waals surface area contributed by atoms with Gasteiger partial charge in [-0.3, -0.25) is 10.1 Å². The Kier molecular flexibility index (Phi) is 4.63. The van der Waals surface area contributed by atoms with Crippen LogP contribution in [-0.4, -0.2) is 11.5 Å². The zero-order valence-corrected chi connectivity index (χ0v) is 12.6. The molecule has 110 valence electrons. The number of nitro benzene ring substituents is 1. The number of anilines is 1. The van der Waals surface area contributed by atoms with E-state index < -0.39 is 0 Å². The molecule has 1 aromatic rings. The molecule has 0 saturated heterocycles. The Morgan fingerprint density at radius 1 is 1.20 bits per heavy atom. The van der Waals surface area contributed by atoms with E-state index in [-0.39, 0.29) is 10.6 Å². The van der Waals surface area contributed by atoms with Gasteiger partial charge >= 0.3 is 0 Å². The van der Waals surface area contributed by atoms with Crippen molar-refractivity contribution < 1.29 is 4.92 Å². The minimum atomic E-state index is -0.294. The summed E-state index contributed by atoms with van der Waals surface area (Å²) in [7, 11) is 0. The van der Waals surface area contributed by atoms with Crippen LogP contribution in [0.2, 0.25) is 0 Å². The van der Waals surface area contributed by atoms with Gasteiger partial charge in [0.15, 0.2) is 0 Å². The minimum Gasteiger partial charge on any atom is -0.379 e. The van der Waals surface area contributed by atoms with E-state index in [9.17, 15) is 10.1 Å². The fourth-order valence-corrected chi connectivity index (χ4v) is 2.88. The first-order valence-electron chi connectivity index (χ1n) is 7.47. The topological polar surface area (TPSA) is 55.2 Å². The molecule has 1 saturated carbocycles. The smallest absolute Gasteiger partial charge is 0.292 e. The molecule has 0 unspecified atom stereocenters. The van der Waals surface area contributed by atoms with Crippen molar-refractivity contribution in [1.29, 1.82) is 0 Å². The van der Waals surface area contributed by atoms with E-state index >= 15 is 0 Å². The standard InChI is InChI=1S/C16H24N2O2/c1-11-4-6-14(7-5-11)10-17-15-8-12(2)13(3)9-16(15)18(19)20/h8-9,11,14,17H,4-7,10H2,1-3H3. The van der Waals surface area contributed by atoms with Gasteiger partial charge in [0.1, 0.15) is 5.69 Å². The Morgan fingerprint density at radius 3 is 2.40 bits per heavy atom. The summed E-state index contributed by atoms with van der Waals surface area (Å²) in [6, 6.07) is 3.57. The third kappa shape index (κ3) is 3.50. The molecule has 0 spiro atoms. The van der Waals surface area contributed by atoms with Gasteiger partial charge in [-0.2, -0.15) is 0 Å². The van der Waals surface area contributed by atoms with Crippen LogP contribution in [0.15, 0.2) is 12.1 Å². The molecule has 1 aromatic carbocycles. The summed E-state index contributed by atoms with van der Waals surface area (Å²) < 4.78 is 0. The normalized spacial score (nSPS) is 22.6. The lowest BCUT2D eigenvalue weighted by molar-refractivity contribution is -0.384. The van der Waals surface area contributed by atoms with Crippen molar-refractivity contribution >= 4 is 11.4 Å². The van der Waals surface area contributed by atoms with E-state index in [1.54, 1.807) is 6.07 Å². The van der Waals surface area contributed by atoms with Crippen LogP contribution in [0.4, 0.5) is 11.4 Å². The van der Waals surface area contributed by atoms with E-state index in [0.717, 1.165) is 23.6 Å². The summed E-state index contributed by atoms with van der Waals surface area (Å²) in [6.45, 7) is 7.05. The number of nitrogens with zero attached hydrogens (tertiary/aromatic N) is 1.